The summed E-state index contributed by atoms with van der Waals surface area (Å²) in [5.74, 6) is 0.307. The van der Waals surface area contributed by atoms with E-state index in [1.807, 2.05) is 24.3 Å². The molecular weight excluding hydrogens is 559 g/mol. The third-order valence-electron chi connectivity index (χ3n) is 7.14. The Labute approximate surface area is 241 Å². The number of imidazole rings is 1. The van der Waals surface area contributed by atoms with E-state index in [1.54, 1.807) is 35.8 Å². The van der Waals surface area contributed by atoms with Gasteiger partial charge in [-0.15, -0.1) is 12.4 Å². The minimum atomic E-state index is -1.15. The molecular formula is C27H30Cl2N6O5. The zero-order valence-corrected chi connectivity index (χ0v) is 23.0. The largest absolute Gasteiger partial charge is 0.508 e. The molecule has 5 rings (SSSR count). The Morgan fingerprint density at radius 3 is 2.20 bits per heavy atom. The first-order chi connectivity index (χ1) is 18.7. The lowest BCUT2D eigenvalue weighted by Gasteiger charge is -2.20. The number of aromatic nitrogens is 4. The first-order valence-electron chi connectivity index (χ1n) is 12.6. The smallest absolute Gasteiger partial charge is 0.226 e. The molecule has 0 spiro atoms. The van der Waals surface area contributed by atoms with E-state index in [0.717, 1.165) is 11.1 Å². The van der Waals surface area contributed by atoms with E-state index >= 15 is 0 Å². The van der Waals surface area contributed by atoms with Crippen LogP contribution in [-0.2, 0) is 4.79 Å². The van der Waals surface area contributed by atoms with Crippen LogP contribution >= 0.6 is 24.0 Å². The number of aliphatic hydroxyl groups is 2. The molecule has 1 amide bonds. The van der Waals surface area contributed by atoms with Crippen LogP contribution in [0, 0.1) is 0 Å². The summed E-state index contributed by atoms with van der Waals surface area (Å²) in [7, 11) is 0. The lowest BCUT2D eigenvalue weighted by Crippen LogP contribution is -2.42. The summed E-state index contributed by atoms with van der Waals surface area (Å²) in [6, 6.07) is 12.6. The number of aliphatic hydroxyl groups excluding tert-OH is 2. The molecule has 1 saturated carbocycles. The fraction of sp³-hybridized carbons (Fsp3) is 0.333. The highest BCUT2D eigenvalue weighted by Crippen LogP contribution is 2.35. The molecule has 0 unspecified atom stereocenters. The number of anilines is 1. The quantitative estimate of drug-likeness (QED) is 0.169. The van der Waals surface area contributed by atoms with E-state index in [2.05, 4.69) is 25.6 Å². The average molecular weight is 589 g/mol. The van der Waals surface area contributed by atoms with Crippen molar-refractivity contribution >= 4 is 46.9 Å². The number of carbonyl (C=O) groups excluding carboxylic acids is 1. The summed E-state index contributed by atoms with van der Waals surface area (Å²) in [5.41, 5.74) is 2.66. The number of carbonyl (C=O) groups is 1. The Kier molecular flexibility index (Phi) is 8.99. The summed E-state index contributed by atoms with van der Waals surface area (Å²) in [6.45, 7) is 2.09. The predicted molar refractivity (Wildman–Crippen MR) is 152 cm³/mol. The van der Waals surface area contributed by atoms with Crippen LogP contribution in [0.5, 0.6) is 11.5 Å². The number of phenols is 2. The van der Waals surface area contributed by atoms with Gasteiger partial charge in [-0.25, -0.2) is 4.98 Å². The molecule has 0 saturated heterocycles. The standard InChI is InChI=1S/C27H29ClN6O5.ClH/c1-2-21(37)31-19-11-20(24(39)23(19)38)34-13-30-22-25(32-27(28)33-26(22)34)29-12-18(14-3-7-16(35)8-4-14)15-5-9-17(36)10-6-15;/h3-10,13,18-20,23-24,35-36,38-39H,2,11-12H2,1H3,(H,31,37)(H,29,32,33);1H/t19-,20+,23+,24-;/m0./s1. The second-order valence-electron chi connectivity index (χ2n) is 9.59. The molecule has 0 aliphatic heterocycles. The van der Waals surface area contributed by atoms with E-state index < -0.39 is 24.3 Å². The molecule has 11 nitrogen and oxygen atoms in total. The number of hydrogen-bond acceptors (Lipinski definition) is 9. The van der Waals surface area contributed by atoms with Crippen molar-refractivity contribution in [3.05, 3.63) is 71.3 Å². The zero-order chi connectivity index (χ0) is 27.7. The second-order valence-corrected chi connectivity index (χ2v) is 9.93. The van der Waals surface area contributed by atoms with Gasteiger partial charge in [0.25, 0.3) is 0 Å². The molecule has 40 heavy (non-hydrogen) atoms. The Morgan fingerprint density at radius 2 is 1.62 bits per heavy atom. The summed E-state index contributed by atoms with van der Waals surface area (Å²) >= 11 is 6.30. The number of benzene rings is 2. The van der Waals surface area contributed by atoms with E-state index in [1.165, 1.54) is 6.33 Å². The third kappa shape index (κ3) is 5.92. The Morgan fingerprint density at radius 1 is 1.02 bits per heavy atom. The summed E-state index contributed by atoms with van der Waals surface area (Å²) in [5, 5.41) is 46.9. The number of rotatable bonds is 8. The highest BCUT2D eigenvalue weighted by atomic mass is 35.5. The van der Waals surface area contributed by atoms with Crippen LogP contribution in [0.15, 0.2) is 54.9 Å². The first-order valence-corrected chi connectivity index (χ1v) is 13.0. The number of hydrogen-bond donors (Lipinski definition) is 6. The van der Waals surface area contributed by atoms with Crippen LogP contribution in [0.2, 0.25) is 5.28 Å². The maximum atomic E-state index is 11.9. The van der Waals surface area contributed by atoms with Crippen molar-refractivity contribution in [1.82, 2.24) is 24.8 Å². The van der Waals surface area contributed by atoms with Crippen LogP contribution in [0.3, 0.4) is 0 Å². The molecule has 212 valence electrons. The number of nitrogens with zero attached hydrogens (tertiary/aromatic N) is 4. The van der Waals surface area contributed by atoms with Gasteiger partial charge in [0.05, 0.1) is 18.4 Å². The highest BCUT2D eigenvalue weighted by Gasteiger charge is 2.43. The lowest BCUT2D eigenvalue weighted by atomic mass is 9.91. The monoisotopic (exact) mass is 588 g/mol. The first kappa shape index (κ1) is 29.3. The highest BCUT2D eigenvalue weighted by molar-refractivity contribution is 6.28. The molecule has 13 heteroatoms. The number of aromatic hydroxyl groups is 2. The minimum Gasteiger partial charge on any atom is -0.508 e. The normalized spacial score (nSPS) is 20.4. The van der Waals surface area contributed by atoms with E-state index in [4.69, 9.17) is 11.6 Å². The van der Waals surface area contributed by atoms with Crippen LogP contribution in [0.25, 0.3) is 11.2 Å². The van der Waals surface area contributed by atoms with Crippen molar-refractivity contribution in [2.24, 2.45) is 0 Å². The summed E-state index contributed by atoms with van der Waals surface area (Å²) < 4.78 is 1.65. The van der Waals surface area contributed by atoms with Crippen LogP contribution in [-0.4, -0.2) is 70.6 Å². The molecule has 6 N–H and O–H groups in total. The molecule has 2 aromatic heterocycles. The molecule has 4 aromatic rings. The second kappa shape index (κ2) is 12.3. The SMILES string of the molecule is CCC(=O)N[C@H]1C[C@@H](n2cnc3c(NCC(c4ccc(O)cc4)c4ccc(O)cc4)nc(Cl)nc32)[C@H](O)[C@@H]1O.Cl. The van der Waals surface area contributed by atoms with Crippen LogP contribution in [0.1, 0.15) is 42.9 Å². The summed E-state index contributed by atoms with van der Waals surface area (Å²) in [4.78, 5) is 25.1. The number of fused-ring (bicyclic) bond motifs is 1. The average Bonchev–Trinajstić information content (AvgIpc) is 3.46. The molecule has 4 atom stereocenters. The maximum absolute atomic E-state index is 11.9. The molecule has 1 fully saturated rings. The molecule has 0 bridgehead atoms. The van der Waals surface area contributed by atoms with Crippen LogP contribution < -0.4 is 10.6 Å². The van der Waals surface area contributed by atoms with Gasteiger partial charge in [-0.1, -0.05) is 31.2 Å². The number of halogens is 2. The summed E-state index contributed by atoms with van der Waals surface area (Å²) in [6.07, 6.45) is -0.223. The number of amides is 1. The minimum absolute atomic E-state index is 0. The fourth-order valence-corrected chi connectivity index (χ4v) is 5.20. The molecule has 1 aliphatic rings. The van der Waals surface area contributed by atoms with Crippen molar-refractivity contribution in [2.45, 2.75) is 50.0 Å². The Hall–Kier alpha value is -3.64. The molecule has 1 aliphatic carbocycles. The van der Waals surface area contributed by atoms with Crippen molar-refractivity contribution in [2.75, 3.05) is 11.9 Å². The predicted octanol–water partition coefficient (Wildman–Crippen LogP) is 3.12. The van der Waals surface area contributed by atoms with Crippen molar-refractivity contribution < 1.29 is 25.2 Å². The van der Waals surface area contributed by atoms with Crippen molar-refractivity contribution in [3.63, 3.8) is 0 Å². The van der Waals surface area contributed by atoms with Gasteiger partial charge in [0.15, 0.2) is 17.0 Å². The molecule has 2 aromatic carbocycles. The van der Waals surface area contributed by atoms with Gasteiger partial charge in [0, 0.05) is 18.9 Å². The van der Waals surface area contributed by atoms with Crippen molar-refractivity contribution in [1.29, 1.82) is 0 Å². The maximum Gasteiger partial charge on any atom is 0.226 e. The fourth-order valence-electron chi connectivity index (χ4n) is 5.03. The Balaban J connectivity index is 0.00000370. The van der Waals surface area contributed by atoms with Gasteiger partial charge in [-0.3, -0.25) is 4.79 Å². The number of nitrogens with one attached hydrogen (secondary N) is 2. The lowest BCUT2D eigenvalue weighted by molar-refractivity contribution is -0.122. The van der Waals surface area contributed by atoms with Crippen molar-refractivity contribution in [3.8, 4) is 11.5 Å². The van der Waals surface area contributed by atoms with Crippen LogP contribution in [0.4, 0.5) is 5.82 Å². The topological polar surface area (TPSA) is 166 Å². The van der Waals surface area contributed by atoms with E-state index in [9.17, 15) is 25.2 Å². The number of phenolic OH excluding ortho intramolecular Hbond substituents is 2. The van der Waals surface area contributed by atoms with Gasteiger partial charge in [0.1, 0.15) is 23.7 Å². The Bertz CT molecular complexity index is 1420. The van der Waals surface area contributed by atoms with Gasteiger partial charge < -0.3 is 35.6 Å². The van der Waals surface area contributed by atoms with E-state index in [0.29, 0.717) is 23.5 Å². The van der Waals surface area contributed by atoms with Gasteiger partial charge >= 0.3 is 0 Å². The van der Waals surface area contributed by atoms with Gasteiger partial charge in [-0.2, -0.15) is 9.97 Å². The van der Waals surface area contributed by atoms with Gasteiger partial charge in [0.2, 0.25) is 11.2 Å². The molecule has 2 heterocycles. The third-order valence-corrected chi connectivity index (χ3v) is 7.30. The van der Waals surface area contributed by atoms with E-state index in [-0.39, 0.29) is 53.9 Å². The van der Waals surface area contributed by atoms with Gasteiger partial charge in [-0.05, 0) is 53.4 Å². The zero-order valence-electron chi connectivity index (χ0n) is 21.5. The molecule has 0 radical (unpaired) electrons.